The summed E-state index contributed by atoms with van der Waals surface area (Å²) in [5.41, 5.74) is 1.15. The minimum absolute atomic E-state index is 0.00250. The number of carbonyl (C=O) groups is 2. The van der Waals surface area contributed by atoms with E-state index in [1.165, 1.54) is 38.5 Å². The summed E-state index contributed by atoms with van der Waals surface area (Å²) in [5, 5.41) is 12.1. The van der Waals surface area contributed by atoms with Crippen LogP contribution in [0.15, 0.2) is 73.1 Å². The second-order valence-electron chi connectivity index (χ2n) is 12.4. The number of hydrogen-bond acceptors (Lipinski definition) is 8. The van der Waals surface area contributed by atoms with E-state index in [1.807, 2.05) is 0 Å². The predicted molar refractivity (Wildman–Crippen MR) is 185 cm³/mol. The Kier molecular flexibility index (Phi) is 11.1. The van der Waals surface area contributed by atoms with Crippen molar-refractivity contribution < 1.29 is 42.0 Å². The van der Waals surface area contributed by atoms with Gasteiger partial charge in [-0.2, -0.15) is 4.73 Å². The van der Waals surface area contributed by atoms with Crippen LogP contribution in [0.25, 0.3) is 0 Å². The topological polar surface area (TPSA) is 104 Å². The molecular formula is C37H35Cl2F2N3O7. The molecule has 51 heavy (non-hydrogen) atoms. The fourth-order valence-electron chi connectivity index (χ4n) is 6.55. The third-order valence-electron chi connectivity index (χ3n) is 9.27. The van der Waals surface area contributed by atoms with Gasteiger partial charge in [0.2, 0.25) is 0 Å². The number of halogens is 4. The number of aromatic nitrogens is 1. The van der Waals surface area contributed by atoms with Gasteiger partial charge in [0.1, 0.15) is 22.3 Å². The van der Waals surface area contributed by atoms with Crippen molar-refractivity contribution in [3.63, 3.8) is 0 Å². The lowest BCUT2D eigenvalue weighted by molar-refractivity contribution is -0.605. The van der Waals surface area contributed by atoms with Crippen LogP contribution in [-0.4, -0.2) is 56.9 Å². The molecule has 7 rings (SSSR count). The van der Waals surface area contributed by atoms with E-state index in [2.05, 4.69) is 4.90 Å². The van der Waals surface area contributed by atoms with E-state index < -0.39 is 29.8 Å². The number of nitrogens with zero attached hydrogens (tertiary/aromatic N) is 3. The fourth-order valence-corrected chi connectivity index (χ4v) is 7.15. The van der Waals surface area contributed by atoms with Crippen molar-refractivity contribution in [2.75, 3.05) is 38.8 Å². The largest absolute Gasteiger partial charge is 0.619 e. The van der Waals surface area contributed by atoms with Gasteiger partial charge < -0.3 is 24.2 Å². The van der Waals surface area contributed by atoms with Crippen molar-refractivity contribution in [3.8, 4) is 11.5 Å². The molecule has 3 fully saturated rings. The zero-order chi connectivity index (χ0) is 36.2. The van der Waals surface area contributed by atoms with Gasteiger partial charge in [-0.15, -0.1) is 0 Å². The molecule has 4 aromatic rings. The maximum absolute atomic E-state index is 15.2. The number of benzene rings is 3. The minimum atomic E-state index is -1.20. The molecule has 14 heteroatoms. The molecule has 3 aliphatic rings. The molecular weight excluding hydrogens is 707 g/mol. The summed E-state index contributed by atoms with van der Waals surface area (Å²) in [7, 11) is 2.96. The zero-order valence-electron chi connectivity index (χ0n) is 27.8. The molecule has 1 amide bonds. The van der Waals surface area contributed by atoms with E-state index in [0.717, 1.165) is 49.3 Å². The van der Waals surface area contributed by atoms with Crippen molar-refractivity contribution in [2.45, 2.75) is 38.0 Å². The summed E-state index contributed by atoms with van der Waals surface area (Å²) >= 11 is 12.8. The number of anilines is 1. The number of esters is 1. The van der Waals surface area contributed by atoms with Crippen LogP contribution in [-0.2, 0) is 22.4 Å². The van der Waals surface area contributed by atoms with Gasteiger partial charge in [-0.05, 0) is 79.4 Å². The molecule has 0 unspecified atom stereocenters. The molecule has 10 nitrogen and oxygen atoms in total. The molecule has 2 bridgehead atoms. The van der Waals surface area contributed by atoms with Crippen molar-refractivity contribution in [1.29, 1.82) is 0 Å². The van der Waals surface area contributed by atoms with E-state index in [1.54, 1.807) is 30.3 Å². The Morgan fingerprint density at radius 2 is 1.69 bits per heavy atom. The van der Waals surface area contributed by atoms with Crippen LogP contribution in [0, 0.1) is 22.8 Å². The summed E-state index contributed by atoms with van der Waals surface area (Å²) in [4.78, 5) is 30.7. The third-order valence-corrected chi connectivity index (χ3v) is 9.92. The Bertz CT molecular complexity index is 1900. The van der Waals surface area contributed by atoms with Gasteiger partial charge in [-0.1, -0.05) is 47.5 Å². The Morgan fingerprint density at radius 3 is 2.35 bits per heavy atom. The van der Waals surface area contributed by atoms with E-state index in [0.29, 0.717) is 39.5 Å². The van der Waals surface area contributed by atoms with E-state index in [-0.39, 0.29) is 46.3 Å². The predicted octanol–water partition coefficient (Wildman–Crippen LogP) is 7.30. The third kappa shape index (κ3) is 8.14. The normalized spacial score (nSPS) is 18.5. The van der Waals surface area contributed by atoms with Crippen molar-refractivity contribution in [3.05, 3.63) is 122 Å². The highest BCUT2D eigenvalue weighted by molar-refractivity contribution is 6.35. The van der Waals surface area contributed by atoms with Gasteiger partial charge in [-0.25, -0.2) is 18.4 Å². The maximum atomic E-state index is 15.2. The van der Waals surface area contributed by atoms with Crippen molar-refractivity contribution >= 4 is 41.0 Å². The van der Waals surface area contributed by atoms with Crippen molar-refractivity contribution in [2.24, 2.45) is 5.92 Å². The molecule has 0 N–H and O–H groups in total. The summed E-state index contributed by atoms with van der Waals surface area (Å²) in [6, 6.07) is 14.9. The van der Waals surface area contributed by atoms with Crippen LogP contribution in [0.2, 0.25) is 10.0 Å². The van der Waals surface area contributed by atoms with E-state index in [9.17, 15) is 19.2 Å². The number of piperidine rings is 3. The van der Waals surface area contributed by atoms with Crippen LogP contribution in [0.1, 0.15) is 46.0 Å². The number of rotatable bonds is 11. The van der Waals surface area contributed by atoms with E-state index in [4.69, 9.17) is 42.1 Å². The molecule has 2 atom stereocenters. The van der Waals surface area contributed by atoms with Gasteiger partial charge in [-0.3, -0.25) is 9.80 Å². The lowest BCUT2D eigenvalue weighted by Crippen LogP contribution is -2.53. The van der Waals surface area contributed by atoms with E-state index >= 15 is 4.39 Å². The molecule has 3 aliphatic heterocycles. The number of methoxy groups -OCH3 is 2. The summed E-state index contributed by atoms with van der Waals surface area (Å²) in [5.74, 6) is -2.02. The number of ether oxygens (including phenoxy) is 4. The summed E-state index contributed by atoms with van der Waals surface area (Å²) < 4.78 is 52.8. The monoisotopic (exact) mass is 741 g/mol. The number of carbonyl (C=O) groups excluding carboxylic acids is 2. The molecule has 0 spiro atoms. The molecule has 268 valence electrons. The Balaban J connectivity index is 1.28. The van der Waals surface area contributed by atoms with Gasteiger partial charge in [0.05, 0.1) is 32.0 Å². The Hall–Kier alpha value is -4.65. The van der Waals surface area contributed by atoms with Gasteiger partial charge in [0, 0.05) is 18.5 Å². The average Bonchev–Trinajstić information content (AvgIpc) is 3.13. The summed E-state index contributed by atoms with van der Waals surface area (Å²) in [6.07, 6.45) is 1.91. The SMILES string of the molecule is COc1ccc([C@H](Cc2c(Cl)c[n+]([O-])cc2Cl)OC(=O)c2cccc(CN(C(=O)O[C@H]3CN4CCC3CC4)c3cccc(F)c3F)c2)cc1OC. The number of fused-ring (bicyclic) bond motifs is 3. The Labute approximate surface area is 303 Å². The van der Waals surface area contributed by atoms with Crippen LogP contribution in [0.3, 0.4) is 0 Å². The molecule has 1 aromatic heterocycles. The first-order valence-electron chi connectivity index (χ1n) is 16.3. The first-order valence-corrected chi connectivity index (χ1v) is 17.0. The summed E-state index contributed by atoms with van der Waals surface area (Å²) in [6.45, 7) is 2.21. The van der Waals surface area contributed by atoms with Crippen LogP contribution >= 0.6 is 23.2 Å². The number of hydrogen-bond donors (Lipinski definition) is 0. The Morgan fingerprint density at radius 1 is 0.980 bits per heavy atom. The highest BCUT2D eigenvalue weighted by Gasteiger charge is 2.38. The molecule has 0 aliphatic carbocycles. The van der Waals surface area contributed by atoms with Gasteiger partial charge >= 0.3 is 12.1 Å². The van der Waals surface area contributed by atoms with Crippen molar-refractivity contribution in [1.82, 2.24) is 4.90 Å². The number of amides is 1. The number of pyridine rings is 1. The zero-order valence-corrected chi connectivity index (χ0v) is 29.3. The second kappa shape index (κ2) is 15.7. The van der Waals surface area contributed by atoms with Crippen LogP contribution < -0.4 is 19.1 Å². The second-order valence-corrected chi connectivity index (χ2v) is 13.2. The highest BCUT2D eigenvalue weighted by atomic mass is 35.5. The smallest absolute Gasteiger partial charge is 0.415 e. The molecule has 4 heterocycles. The van der Waals surface area contributed by atoms with Crippen LogP contribution in [0.4, 0.5) is 19.3 Å². The quantitative estimate of drug-likeness (QED) is 0.0897. The highest BCUT2D eigenvalue weighted by Crippen LogP contribution is 2.36. The molecule has 3 aromatic carbocycles. The lowest BCUT2D eigenvalue weighted by atomic mass is 9.86. The van der Waals surface area contributed by atoms with Gasteiger partial charge in [0.25, 0.3) is 0 Å². The molecule has 0 saturated carbocycles. The first-order chi connectivity index (χ1) is 24.5. The minimum Gasteiger partial charge on any atom is -0.619 e. The van der Waals surface area contributed by atoms with Gasteiger partial charge in [0.15, 0.2) is 35.5 Å². The lowest BCUT2D eigenvalue weighted by Gasteiger charge is -2.44. The standard InChI is InChI=1S/C37H35Cl2F2N3O7/c1-48-31-10-9-24(16-33(31)49-2)32(17-26-27(38)19-43(47)20-28(26)39)50-36(45)25-6-3-5-22(15-25)18-44(30-8-4-7-29(40)35(30)41)37(46)51-34-21-42-13-11-23(34)12-14-42/h3-10,15-16,19-20,23,32,34H,11-14,17-18,21H2,1-2H3/t32-,34-/m0/s1. The molecule has 0 radical (unpaired) electrons. The molecule has 3 saturated heterocycles. The van der Waals surface area contributed by atoms with Crippen LogP contribution in [0.5, 0.6) is 11.5 Å². The average molecular weight is 743 g/mol. The maximum Gasteiger partial charge on any atom is 0.415 e. The fraction of sp³-hybridized carbons (Fsp3) is 0.324. The first kappa shape index (κ1) is 36.2.